The monoisotopic (exact) mass is 288 g/mol. The van der Waals surface area contributed by atoms with Gasteiger partial charge in [0.05, 0.1) is 15.6 Å². The SMILES string of the molecule is Clc1cccc(Cl)c1Oc1ccc2c[c]ccc2n1. The zero-order valence-corrected chi connectivity index (χ0v) is 11.2. The first-order chi connectivity index (χ1) is 9.24. The van der Waals surface area contributed by atoms with Crippen LogP contribution in [0.2, 0.25) is 10.0 Å². The molecule has 1 radical (unpaired) electrons. The first kappa shape index (κ1) is 12.3. The number of fused-ring (bicyclic) bond motifs is 1. The highest BCUT2D eigenvalue weighted by molar-refractivity contribution is 6.37. The molecule has 4 heteroatoms. The number of pyridine rings is 1. The van der Waals surface area contributed by atoms with Gasteiger partial charge in [0, 0.05) is 11.5 Å². The van der Waals surface area contributed by atoms with Gasteiger partial charge >= 0.3 is 0 Å². The minimum Gasteiger partial charge on any atom is -0.436 e. The number of para-hydroxylation sites is 1. The summed E-state index contributed by atoms with van der Waals surface area (Å²) in [7, 11) is 0. The van der Waals surface area contributed by atoms with Gasteiger partial charge in [-0.2, -0.15) is 0 Å². The molecule has 2 nitrogen and oxygen atoms in total. The van der Waals surface area contributed by atoms with E-state index in [9.17, 15) is 0 Å². The van der Waals surface area contributed by atoms with E-state index in [1.807, 2.05) is 24.3 Å². The standard InChI is InChI=1S/C15H8Cl2NO/c16-11-5-3-6-12(17)15(11)19-14-9-8-10-4-1-2-7-13(10)18-14/h2-9H. The minimum atomic E-state index is 0.417. The van der Waals surface area contributed by atoms with Gasteiger partial charge in [-0.1, -0.05) is 35.3 Å². The molecule has 0 saturated heterocycles. The van der Waals surface area contributed by atoms with E-state index in [4.69, 9.17) is 27.9 Å². The van der Waals surface area contributed by atoms with Crippen LogP contribution >= 0.6 is 23.2 Å². The molecule has 0 amide bonds. The molecule has 0 bridgehead atoms. The Hall–Kier alpha value is -1.77. The number of nitrogens with zero attached hydrogens (tertiary/aromatic N) is 1. The second-order valence-corrected chi connectivity index (χ2v) is 4.74. The molecule has 0 aliphatic heterocycles. The van der Waals surface area contributed by atoms with Crippen molar-refractivity contribution in [3.63, 3.8) is 0 Å². The normalized spacial score (nSPS) is 10.6. The van der Waals surface area contributed by atoms with E-state index in [1.54, 1.807) is 24.3 Å². The number of benzene rings is 2. The van der Waals surface area contributed by atoms with Crippen molar-refractivity contribution >= 4 is 34.1 Å². The van der Waals surface area contributed by atoms with Gasteiger partial charge < -0.3 is 4.74 Å². The molecule has 0 aliphatic rings. The third-order valence-electron chi connectivity index (χ3n) is 2.63. The van der Waals surface area contributed by atoms with Gasteiger partial charge in [-0.3, -0.25) is 0 Å². The summed E-state index contributed by atoms with van der Waals surface area (Å²) in [6, 6.07) is 17.4. The number of ether oxygens (including phenoxy) is 1. The molecule has 0 fully saturated rings. The zero-order chi connectivity index (χ0) is 13.2. The van der Waals surface area contributed by atoms with Crippen LogP contribution in [0, 0.1) is 6.07 Å². The first-order valence-electron chi connectivity index (χ1n) is 5.63. The van der Waals surface area contributed by atoms with Crippen molar-refractivity contribution in [2.75, 3.05) is 0 Å². The summed E-state index contributed by atoms with van der Waals surface area (Å²) in [5, 5.41) is 1.91. The number of hydrogen-bond donors (Lipinski definition) is 0. The Labute approximate surface area is 120 Å². The lowest BCUT2D eigenvalue weighted by molar-refractivity contribution is 0.465. The van der Waals surface area contributed by atoms with Crippen LogP contribution in [0.1, 0.15) is 0 Å². The highest BCUT2D eigenvalue weighted by Crippen LogP contribution is 2.35. The van der Waals surface area contributed by atoms with Crippen molar-refractivity contribution in [2.24, 2.45) is 0 Å². The molecule has 0 N–H and O–H groups in total. The molecule has 0 saturated carbocycles. The third-order valence-corrected chi connectivity index (χ3v) is 3.23. The van der Waals surface area contributed by atoms with Gasteiger partial charge in [0.15, 0.2) is 5.75 Å². The molecule has 19 heavy (non-hydrogen) atoms. The van der Waals surface area contributed by atoms with E-state index >= 15 is 0 Å². The highest BCUT2D eigenvalue weighted by atomic mass is 35.5. The van der Waals surface area contributed by atoms with E-state index in [2.05, 4.69) is 11.1 Å². The minimum absolute atomic E-state index is 0.417. The Bertz CT molecular complexity index is 723. The maximum atomic E-state index is 6.06. The lowest BCUT2D eigenvalue weighted by Crippen LogP contribution is -1.90. The van der Waals surface area contributed by atoms with Crippen molar-refractivity contribution < 1.29 is 4.74 Å². The van der Waals surface area contributed by atoms with Gasteiger partial charge in [-0.05, 0) is 36.4 Å². The van der Waals surface area contributed by atoms with Crippen molar-refractivity contribution in [3.8, 4) is 11.6 Å². The summed E-state index contributed by atoms with van der Waals surface area (Å²) >= 11 is 12.1. The van der Waals surface area contributed by atoms with Crippen LogP contribution in [0.15, 0.2) is 48.5 Å². The smallest absolute Gasteiger partial charge is 0.219 e. The lowest BCUT2D eigenvalue weighted by Gasteiger charge is -2.08. The fourth-order valence-electron chi connectivity index (χ4n) is 1.73. The van der Waals surface area contributed by atoms with Crippen LogP contribution in [-0.2, 0) is 0 Å². The number of halogens is 2. The summed E-state index contributed by atoms with van der Waals surface area (Å²) in [5.74, 6) is 0.869. The lowest BCUT2D eigenvalue weighted by atomic mass is 10.2. The number of rotatable bonds is 2. The second kappa shape index (κ2) is 5.08. The van der Waals surface area contributed by atoms with Crippen LogP contribution in [0.25, 0.3) is 10.9 Å². The van der Waals surface area contributed by atoms with Gasteiger partial charge in [0.25, 0.3) is 0 Å². The Kier molecular flexibility index (Phi) is 3.28. The average molecular weight is 289 g/mol. The van der Waals surface area contributed by atoms with Gasteiger partial charge in [0.2, 0.25) is 5.88 Å². The van der Waals surface area contributed by atoms with Gasteiger partial charge in [-0.25, -0.2) is 4.98 Å². The summed E-state index contributed by atoms with van der Waals surface area (Å²) in [4.78, 5) is 4.39. The molecular formula is C15H8Cl2NO. The fraction of sp³-hybridized carbons (Fsp3) is 0. The average Bonchev–Trinajstić information content (AvgIpc) is 2.43. The molecule has 1 heterocycles. The number of hydrogen-bond acceptors (Lipinski definition) is 2. The van der Waals surface area contributed by atoms with E-state index < -0.39 is 0 Å². The molecule has 93 valence electrons. The quantitative estimate of drug-likeness (QED) is 0.652. The van der Waals surface area contributed by atoms with E-state index in [-0.39, 0.29) is 0 Å². The molecule has 0 unspecified atom stereocenters. The summed E-state index contributed by atoms with van der Waals surface area (Å²) in [6.45, 7) is 0. The van der Waals surface area contributed by atoms with E-state index in [0.29, 0.717) is 21.7 Å². The Morgan fingerprint density at radius 1 is 1.00 bits per heavy atom. The van der Waals surface area contributed by atoms with Crippen LogP contribution in [0.4, 0.5) is 0 Å². The predicted molar refractivity (Wildman–Crippen MR) is 77.1 cm³/mol. The van der Waals surface area contributed by atoms with Crippen LogP contribution < -0.4 is 4.74 Å². The topological polar surface area (TPSA) is 22.1 Å². The maximum absolute atomic E-state index is 6.06. The zero-order valence-electron chi connectivity index (χ0n) is 9.73. The number of aromatic nitrogens is 1. The maximum Gasteiger partial charge on any atom is 0.219 e. The Morgan fingerprint density at radius 3 is 2.58 bits per heavy atom. The summed E-state index contributed by atoms with van der Waals surface area (Å²) in [5.41, 5.74) is 0.833. The fourth-order valence-corrected chi connectivity index (χ4v) is 2.20. The molecule has 0 spiro atoms. The molecule has 0 atom stereocenters. The van der Waals surface area contributed by atoms with E-state index in [1.165, 1.54) is 0 Å². The Balaban J connectivity index is 2.01. The van der Waals surface area contributed by atoms with Crippen molar-refractivity contribution in [1.29, 1.82) is 0 Å². The van der Waals surface area contributed by atoms with Crippen molar-refractivity contribution in [2.45, 2.75) is 0 Å². The van der Waals surface area contributed by atoms with Crippen molar-refractivity contribution in [1.82, 2.24) is 4.98 Å². The molecule has 3 aromatic rings. The molecule has 3 rings (SSSR count). The van der Waals surface area contributed by atoms with Crippen LogP contribution in [-0.4, -0.2) is 4.98 Å². The second-order valence-electron chi connectivity index (χ2n) is 3.92. The molecular weight excluding hydrogens is 281 g/mol. The molecule has 1 aromatic heterocycles. The van der Waals surface area contributed by atoms with Crippen molar-refractivity contribution in [3.05, 3.63) is 64.6 Å². The molecule has 0 aliphatic carbocycles. The van der Waals surface area contributed by atoms with Gasteiger partial charge in [-0.15, -0.1) is 0 Å². The first-order valence-corrected chi connectivity index (χ1v) is 6.38. The summed E-state index contributed by atoms with van der Waals surface area (Å²) in [6.07, 6.45) is 0. The van der Waals surface area contributed by atoms with E-state index in [0.717, 1.165) is 10.9 Å². The largest absolute Gasteiger partial charge is 0.436 e. The summed E-state index contributed by atoms with van der Waals surface area (Å²) < 4.78 is 5.66. The van der Waals surface area contributed by atoms with Crippen LogP contribution in [0.5, 0.6) is 11.6 Å². The predicted octanol–water partition coefficient (Wildman–Crippen LogP) is 5.13. The third kappa shape index (κ3) is 2.50. The Morgan fingerprint density at radius 2 is 1.79 bits per heavy atom. The van der Waals surface area contributed by atoms with Gasteiger partial charge in [0.1, 0.15) is 0 Å². The molecule has 2 aromatic carbocycles. The van der Waals surface area contributed by atoms with Crippen LogP contribution in [0.3, 0.4) is 0 Å². The highest BCUT2D eigenvalue weighted by Gasteiger charge is 2.09.